The van der Waals surface area contributed by atoms with E-state index in [-0.39, 0.29) is 6.79 Å². The predicted molar refractivity (Wildman–Crippen MR) is 93.0 cm³/mol. The van der Waals surface area contributed by atoms with Gasteiger partial charge >= 0.3 is 0 Å². The summed E-state index contributed by atoms with van der Waals surface area (Å²) in [6.07, 6.45) is 0. The highest BCUT2D eigenvalue weighted by Gasteiger charge is 2.13. The summed E-state index contributed by atoms with van der Waals surface area (Å²) in [5, 5.41) is 1.46. The fraction of sp³-hybridized carbons (Fsp3) is 0.462. The first-order valence-electron chi connectivity index (χ1n) is 6.41. The van der Waals surface area contributed by atoms with Crippen LogP contribution in [0.15, 0.2) is 18.2 Å². The summed E-state index contributed by atoms with van der Waals surface area (Å²) in [6.45, 7) is 7.93. The van der Waals surface area contributed by atoms with Crippen molar-refractivity contribution < 1.29 is 9.57 Å². The zero-order valence-electron chi connectivity index (χ0n) is 11.8. The third kappa shape index (κ3) is 4.34. The van der Waals surface area contributed by atoms with Crippen molar-refractivity contribution in [2.75, 3.05) is 13.4 Å². The summed E-state index contributed by atoms with van der Waals surface area (Å²) < 4.78 is 8.15. The van der Waals surface area contributed by atoms with Crippen molar-refractivity contribution in [2.24, 2.45) is 0 Å². The Morgan fingerprint density at radius 3 is 2.80 bits per heavy atom. The van der Waals surface area contributed by atoms with Crippen molar-refractivity contribution in [1.29, 1.82) is 0 Å². The molecular weight excluding hydrogens is 407 g/mol. The minimum Gasteiger partial charge on any atom is -0.383 e. The fourth-order valence-electron chi connectivity index (χ4n) is 1.65. The molecule has 0 unspecified atom stereocenters. The molecule has 0 aromatic carbocycles. The van der Waals surface area contributed by atoms with Gasteiger partial charge in [-0.15, -0.1) is 0 Å². The van der Waals surface area contributed by atoms with Crippen LogP contribution in [0.3, 0.4) is 0 Å². The summed E-state index contributed by atoms with van der Waals surface area (Å²) in [7, 11) is -1.05. The SMILES string of the molecule is C[Si](C)(C)CCOCOn1c(I)cc2ccc(Cl)nc21. The monoisotopic (exact) mass is 424 g/mol. The number of nitrogens with zero attached hydrogens (tertiary/aromatic N) is 2. The Hall–Kier alpha value is -0.313. The molecule has 0 aliphatic rings. The average Bonchev–Trinajstić information content (AvgIpc) is 2.64. The number of fused-ring (bicyclic) bond motifs is 1. The van der Waals surface area contributed by atoms with Crippen LogP contribution in [-0.2, 0) is 4.74 Å². The van der Waals surface area contributed by atoms with Gasteiger partial charge in [-0.1, -0.05) is 31.2 Å². The molecule has 0 spiro atoms. The van der Waals surface area contributed by atoms with E-state index >= 15 is 0 Å². The molecule has 0 aliphatic heterocycles. The van der Waals surface area contributed by atoms with Crippen molar-refractivity contribution in [2.45, 2.75) is 25.7 Å². The molecule has 0 amide bonds. The Labute approximate surface area is 138 Å². The second kappa shape index (κ2) is 6.63. The molecule has 2 heterocycles. The molecule has 20 heavy (non-hydrogen) atoms. The maximum atomic E-state index is 5.92. The molecule has 2 aromatic rings. The normalized spacial score (nSPS) is 12.1. The van der Waals surface area contributed by atoms with E-state index in [0.29, 0.717) is 5.15 Å². The molecule has 0 N–H and O–H groups in total. The lowest BCUT2D eigenvalue weighted by Gasteiger charge is -2.15. The maximum Gasteiger partial charge on any atom is 0.214 e. The fourth-order valence-corrected chi connectivity index (χ4v) is 3.25. The first-order valence-corrected chi connectivity index (χ1v) is 11.6. The number of rotatable bonds is 6. The smallest absolute Gasteiger partial charge is 0.214 e. The van der Waals surface area contributed by atoms with Gasteiger partial charge in [-0.3, -0.25) is 0 Å². The zero-order chi connectivity index (χ0) is 14.8. The molecule has 0 fully saturated rings. The van der Waals surface area contributed by atoms with E-state index in [1.165, 1.54) is 0 Å². The quantitative estimate of drug-likeness (QED) is 0.231. The van der Waals surface area contributed by atoms with E-state index in [2.05, 4.69) is 47.2 Å². The highest BCUT2D eigenvalue weighted by Crippen LogP contribution is 2.20. The van der Waals surface area contributed by atoms with Gasteiger partial charge < -0.3 is 9.57 Å². The van der Waals surface area contributed by atoms with Gasteiger partial charge in [0.05, 0.1) is 0 Å². The Bertz CT molecular complexity index is 598. The van der Waals surface area contributed by atoms with Crippen molar-refractivity contribution in [3.8, 4) is 0 Å². The van der Waals surface area contributed by atoms with Crippen LogP contribution >= 0.6 is 34.2 Å². The van der Waals surface area contributed by atoms with E-state index in [9.17, 15) is 0 Å². The largest absolute Gasteiger partial charge is 0.383 e. The Kier molecular flexibility index (Phi) is 5.33. The number of hydrogen-bond acceptors (Lipinski definition) is 3. The number of halogens is 2. The van der Waals surface area contributed by atoms with Crippen molar-refractivity contribution in [3.63, 3.8) is 0 Å². The maximum absolute atomic E-state index is 5.92. The molecule has 7 heteroatoms. The Morgan fingerprint density at radius 1 is 1.35 bits per heavy atom. The Balaban J connectivity index is 1.96. The number of pyridine rings is 1. The first-order chi connectivity index (χ1) is 9.37. The molecule has 2 aromatic heterocycles. The second-order valence-corrected chi connectivity index (χ2v) is 12.9. The van der Waals surface area contributed by atoms with Crippen LogP contribution in [0.1, 0.15) is 0 Å². The molecule has 0 atom stereocenters. The van der Waals surface area contributed by atoms with Gasteiger partial charge in [0.2, 0.25) is 6.79 Å². The molecular formula is C13H18ClIN2O2Si. The second-order valence-electron chi connectivity index (χ2n) is 5.77. The van der Waals surface area contributed by atoms with Gasteiger partial charge in [0, 0.05) is 20.1 Å². The Morgan fingerprint density at radius 2 is 2.10 bits per heavy atom. The number of aromatic nitrogens is 2. The lowest BCUT2D eigenvalue weighted by molar-refractivity contribution is -0.0541. The predicted octanol–water partition coefficient (Wildman–Crippen LogP) is 4.04. The van der Waals surface area contributed by atoms with Crippen LogP contribution in [0, 0.1) is 3.70 Å². The summed E-state index contributed by atoms with van der Waals surface area (Å²) in [6, 6.07) is 6.83. The van der Waals surface area contributed by atoms with Gasteiger partial charge in [0.15, 0.2) is 5.65 Å². The van der Waals surface area contributed by atoms with E-state index in [1.807, 2.05) is 12.1 Å². The lowest BCUT2D eigenvalue weighted by Crippen LogP contribution is -2.23. The molecule has 0 radical (unpaired) electrons. The third-order valence-electron chi connectivity index (χ3n) is 2.79. The van der Waals surface area contributed by atoms with Crippen LogP contribution in [0.25, 0.3) is 11.0 Å². The lowest BCUT2D eigenvalue weighted by atomic mass is 10.3. The number of hydrogen-bond donors (Lipinski definition) is 0. The standard InChI is InChI=1S/C13H18ClIN2O2Si/c1-20(2,3)7-6-18-9-19-17-12(15)8-10-4-5-11(14)16-13(10)17/h4-5,8H,6-7,9H2,1-3H3. The minimum atomic E-state index is -1.05. The van der Waals surface area contributed by atoms with Gasteiger partial charge in [0.25, 0.3) is 0 Å². The number of ether oxygens (including phenoxy) is 1. The van der Waals surface area contributed by atoms with Crippen LogP contribution in [-0.4, -0.2) is 31.2 Å². The van der Waals surface area contributed by atoms with Crippen LogP contribution in [0.5, 0.6) is 0 Å². The van der Waals surface area contributed by atoms with Crippen LogP contribution < -0.4 is 4.84 Å². The highest BCUT2D eigenvalue weighted by atomic mass is 127. The first kappa shape index (κ1) is 16.1. The van der Waals surface area contributed by atoms with Gasteiger partial charge in [0.1, 0.15) is 8.85 Å². The van der Waals surface area contributed by atoms with Crippen molar-refractivity contribution in [3.05, 3.63) is 27.1 Å². The molecule has 4 nitrogen and oxygen atoms in total. The van der Waals surface area contributed by atoms with Crippen molar-refractivity contribution >= 4 is 53.3 Å². The molecule has 0 bridgehead atoms. The minimum absolute atomic E-state index is 0.221. The molecule has 0 aliphatic carbocycles. The van der Waals surface area contributed by atoms with Crippen LogP contribution in [0.4, 0.5) is 0 Å². The highest BCUT2D eigenvalue weighted by molar-refractivity contribution is 14.1. The molecule has 110 valence electrons. The topological polar surface area (TPSA) is 36.3 Å². The molecule has 2 rings (SSSR count). The summed E-state index contributed by atoms with van der Waals surface area (Å²) >= 11 is 8.13. The van der Waals surface area contributed by atoms with Gasteiger partial charge in [-0.05, 0) is 46.8 Å². The van der Waals surface area contributed by atoms with E-state index in [0.717, 1.165) is 27.4 Å². The average molecular weight is 425 g/mol. The van der Waals surface area contributed by atoms with Crippen LogP contribution in [0.2, 0.25) is 30.8 Å². The summed E-state index contributed by atoms with van der Waals surface area (Å²) in [4.78, 5) is 9.93. The van der Waals surface area contributed by atoms with Gasteiger partial charge in [-0.25, -0.2) is 4.98 Å². The summed E-state index contributed by atoms with van der Waals surface area (Å²) in [5.41, 5.74) is 0.718. The zero-order valence-corrected chi connectivity index (χ0v) is 15.7. The van der Waals surface area contributed by atoms with E-state index in [4.69, 9.17) is 21.2 Å². The van der Waals surface area contributed by atoms with Gasteiger partial charge in [-0.2, -0.15) is 4.73 Å². The molecule has 0 saturated carbocycles. The third-order valence-corrected chi connectivity index (χ3v) is 5.46. The van der Waals surface area contributed by atoms with E-state index in [1.54, 1.807) is 10.8 Å². The van der Waals surface area contributed by atoms with Crippen molar-refractivity contribution in [1.82, 2.24) is 9.71 Å². The molecule has 0 saturated heterocycles. The van der Waals surface area contributed by atoms with E-state index < -0.39 is 8.07 Å². The summed E-state index contributed by atoms with van der Waals surface area (Å²) in [5.74, 6) is 0.